The first kappa shape index (κ1) is 24.4. The van der Waals surface area contributed by atoms with Gasteiger partial charge in [-0.05, 0) is 38.7 Å². The molecule has 0 aliphatic rings. The summed E-state index contributed by atoms with van der Waals surface area (Å²) in [6.45, 7) is 14.3. The molecule has 1 atom stereocenters. The molecule has 0 saturated heterocycles. The Kier molecular flexibility index (Phi) is 8.09. The van der Waals surface area contributed by atoms with Crippen LogP contribution in [-0.4, -0.2) is 54.6 Å². The van der Waals surface area contributed by atoms with Gasteiger partial charge in [0.15, 0.2) is 0 Å². The van der Waals surface area contributed by atoms with Gasteiger partial charge < -0.3 is 9.64 Å². The predicted octanol–water partition coefficient (Wildman–Crippen LogP) is 4.12. The highest BCUT2D eigenvalue weighted by atomic mass is 32.2. The molecule has 0 aromatic heterocycles. The van der Waals surface area contributed by atoms with E-state index in [2.05, 4.69) is 0 Å². The van der Waals surface area contributed by atoms with E-state index in [1.165, 1.54) is 10.6 Å². The SMILES string of the molecule is CC(N(CCN(C(C)(C)C)S(C)(=O)=O)C(=O)OCc1ccccc1)C(C)(C)C. The molecule has 0 heterocycles. The molecule has 28 heavy (non-hydrogen) atoms. The highest BCUT2D eigenvalue weighted by Gasteiger charge is 2.34. The van der Waals surface area contributed by atoms with Crippen LogP contribution in [0.15, 0.2) is 30.3 Å². The average molecular weight is 413 g/mol. The Bertz CT molecular complexity index is 734. The number of ether oxygens (including phenoxy) is 1. The minimum absolute atomic E-state index is 0.128. The van der Waals surface area contributed by atoms with E-state index in [9.17, 15) is 13.2 Å². The summed E-state index contributed by atoms with van der Waals surface area (Å²) in [5, 5.41) is 0. The predicted molar refractivity (Wildman–Crippen MR) is 114 cm³/mol. The number of carbonyl (C=O) groups excluding carboxylic acids is 1. The number of amides is 1. The zero-order chi connectivity index (χ0) is 21.8. The molecule has 0 aliphatic heterocycles. The second-order valence-corrected chi connectivity index (χ2v) is 11.2. The summed E-state index contributed by atoms with van der Waals surface area (Å²) in [4.78, 5) is 14.5. The maximum atomic E-state index is 12.9. The molecule has 1 aromatic carbocycles. The topological polar surface area (TPSA) is 66.9 Å². The van der Waals surface area contributed by atoms with Crippen molar-refractivity contribution in [2.75, 3.05) is 19.3 Å². The van der Waals surface area contributed by atoms with Crippen LogP contribution in [0.1, 0.15) is 54.0 Å². The van der Waals surface area contributed by atoms with Gasteiger partial charge in [0.1, 0.15) is 6.61 Å². The molecular formula is C21H36N2O4S. The average Bonchev–Trinajstić information content (AvgIpc) is 2.53. The van der Waals surface area contributed by atoms with Gasteiger partial charge in [-0.15, -0.1) is 0 Å². The second kappa shape index (κ2) is 9.27. The highest BCUT2D eigenvalue weighted by Crippen LogP contribution is 2.26. The van der Waals surface area contributed by atoms with Crippen molar-refractivity contribution in [3.63, 3.8) is 0 Å². The van der Waals surface area contributed by atoms with Crippen molar-refractivity contribution >= 4 is 16.1 Å². The molecule has 1 rings (SSSR count). The van der Waals surface area contributed by atoms with Gasteiger partial charge in [0.25, 0.3) is 0 Å². The highest BCUT2D eigenvalue weighted by molar-refractivity contribution is 7.88. The third-order valence-electron chi connectivity index (χ3n) is 4.85. The number of benzene rings is 1. The Labute approximate surface area is 170 Å². The summed E-state index contributed by atoms with van der Waals surface area (Å²) >= 11 is 0. The van der Waals surface area contributed by atoms with Gasteiger partial charge in [-0.3, -0.25) is 0 Å². The first-order valence-corrected chi connectivity index (χ1v) is 11.4. The van der Waals surface area contributed by atoms with Gasteiger partial charge in [0, 0.05) is 24.7 Å². The molecule has 0 N–H and O–H groups in total. The summed E-state index contributed by atoms with van der Waals surface area (Å²) in [5.41, 5.74) is 0.161. The van der Waals surface area contributed by atoms with E-state index >= 15 is 0 Å². The molecule has 0 bridgehead atoms. The lowest BCUT2D eigenvalue weighted by molar-refractivity contribution is 0.0530. The number of nitrogens with zero attached hydrogens (tertiary/aromatic N) is 2. The minimum atomic E-state index is -3.41. The minimum Gasteiger partial charge on any atom is -0.445 e. The number of sulfonamides is 1. The third-order valence-corrected chi connectivity index (χ3v) is 6.38. The van der Waals surface area contributed by atoms with Crippen LogP contribution in [0.2, 0.25) is 0 Å². The summed E-state index contributed by atoms with van der Waals surface area (Å²) in [7, 11) is -3.41. The van der Waals surface area contributed by atoms with Crippen LogP contribution in [0.25, 0.3) is 0 Å². The molecule has 1 aromatic rings. The first-order chi connectivity index (χ1) is 12.6. The summed E-state index contributed by atoms with van der Waals surface area (Å²) < 4.78 is 31.4. The third kappa shape index (κ3) is 7.43. The lowest BCUT2D eigenvalue weighted by Crippen LogP contribution is -2.52. The van der Waals surface area contributed by atoms with Crippen molar-refractivity contribution in [3.05, 3.63) is 35.9 Å². The Balaban J connectivity index is 2.97. The molecule has 0 radical (unpaired) electrons. The van der Waals surface area contributed by atoms with Crippen LogP contribution in [0.5, 0.6) is 0 Å². The van der Waals surface area contributed by atoms with Crippen molar-refractivity contribution < 1.29 is 17.9 Å². The summed E-state index contributed by atoms with van der Waals surface area (Å²) in [6.07, 6.45) is 0.761. The second-order valence-electron chi connectivity index (χ2n) is 9.28. The molecule has 6 nitrogen and oxygen atoms in total. The van der Waals surface area contributed by atoms with E-state index < -0.39 is 21.7 Å². The molecule has 160 valence electrons. The maximum Gasteiger partial charge on any atom is 0.410 e. The van der Waals surface area contributed by atoms with Crippen molar-refractivity contribution in [2.45, 2.75) is 66.7 Å². The number of rotatable bonds is 7. The quantitative estimate of drug-likeness (QED) is 0.676. The van der Waals surface area contributed by atoms with Crippen LogP contribution in [-0.2, 0) is 21.4 Å². The van der Waals surface area contributed by atoms with E-state index in [1.54, 1.807) is 4.90 Å². The van der Waals surface area contributed by atoms with Gasteiger partial charge in [0.2, 0.25) is 10.0 Å². The molecule has 1 amide bonds. The van der Waals surface area contributed by atoms with Crippen LogP contribution in [0.4, 0.5) is 4.79 Å². The fourth-order valence-electron chi connectivity index (χ4n) is 2.91. The monoisotopic (exact) mass is 412 g/mol. The molecule has 0 aliphatic carbocycles. The van der Waals surface area contributed by atoms with Gasteiger partial charge in [-0.25, -0.2) is 13.2 Å². The maximum absolute atomic E-state index is 12.9. The van der Waals surface area contributed by atoms with E-state index in [4.69, 9.17) is 4.74 Å². The van der Waals surface area contributed by atoms with Crippen molar-refractivity contribution in [3.8, 4) is 0 Å². The van der Waals surface area contributed by atoms with E-state index in [-0.39, 0.29) is 31.2 Å². The zero-order valence-corrected chi connectivity index (χ0v) is 19.3. The van der Waals surface area contributed by atoms with Crippen molar-refractivity contribution in [1.82, 2.24) is 9.21 Å². The Hall–Kier alpha value is -1.60. The molecule has 0 fully saturated rings. The molecule has 7 heteroatoms. The fraction of sp³-hybridized carbons (Fsp3) is 0.667. The fourth-order valence-corrected chi connectivity index (χ4v) is 4.32. The molecule has 0 spiro atoms. The van der Waals surface area contributed by atoms with Crippen LogP contribution in [0, 0.1) is 5.41 Å². The number of carbonyl (C=O) groups is 1. The van der Waals surface area contributed by atoms with Crippen molar-refractivity contribution in [1.29, 1.82) is 0 Å². The van der Waals surface area contributed by atoms with Gasteiger partial charge in [-0.2, -0.15) is 4.31 Å². The van der Waals surface area contributed by atoms with Gasteiger partial charge in [0.05, 0.1) is 6.26 Å². The van der Waals surface area contributed by atoms with E-state index in [0.717, 1.165) is 5.56 Å². The molecule has 0 saturated carbocycles. The zero-order valence-electron chi connectivity index (χ0n) is 18.5. The lowest BCUT2D eigenvalue weighted by atomic mass is 9.87. The van der Waals surface area contributed by atoms with E-state index in [0.29, 0.717) is 0 Å². The first-order valence-electron chi connectivity index (χ1n) is 9.59. The Morgan fingerprint density at radius 2 is 1.57 bits per heavy atom. The van der Waals surface area contributed by atoms with Gasteiger partial charge in [-0.1, -0.05) is 51.1 Å². The largest absolute Gasteiger partial charge is 0.445 e. The van der Waals surface area contributed by atoms with Gasteiger partial charge >= 0.3 is 6.09 Å². The molecule has 1 unspecified atom stereocenters. The summed E-state index contributed by atoms with van der Waals surface area (Å²) in [6, 6.07) is 9.37. The molecular weight excluding hydrogens is 376 g/mol. The number of hydrogen-bond donors (Lipinski definition) is 0. The van der Waals surface area contributed by atoms with Crippen molar-refractivity contribution in [2.24, 2.45) is 5.41 Å². The smallest absolute Gasteiger partial charge is 0.410 e. The van der Waals surface area contributed by atoms with Crippen LogP contribution >= 0.6 is 0 Å². The normalized spacial score (nSPS) is 14.0. The lowest BCUT2D eigenvalue weighted by Gasteiger charge is -2.40. The standard InChI is InChI=1S/C21H36N2O4S/c1-17(20(2,3)4)22(14-15-23(21(5,6)7)28(8,25)26)19(24)27-16-18-12-10-9-11-13-18/h9-13,17H,14-16H2,1-8H3. The Morgan fingerprint density at radius 1 is 1.04 bits per heavy atom. The summed E-state index contributed by atoms with van der Waals surface area (Å²) in [5.74, 6) is 0. The van der Waals surface area contributed by atoms with Crippen LogP contribution in [0.3, 0.4) is 0 Å². The number of hydrogen-bond acceptors (Lipinski definition) is 4. The Morgan fingerprint density at radius 3 is 2.00 bits per heavy atom. The van der Waals surface area contributed by atoms with E-state index in [1.807, 2.05) is 78.8 Å². The van der Waals surface area contributed by atoms with Crippen LogP contribution < -0.4 is 0 Å².